The molecule has 0 fully saturated rings. The van der Waals surface area contributed by atoms with Crippen LogP contribution >= 0.6 is 11.3 Å². The van der Waals surface area contributed by atoms with Crippen LogP contribution in [0, 0.1) is 5.82 Å². The van der Waals surface area contributed by atoms with E-state index in [-0.39, 0.29) is 22.8 Å². The minimum atomic E-state index is -0.212. The maximum atomic E-state index is 12.9. The van der Waals surface area contributed by atoms with Crippen LogP contribution in [0.5, 0.6) is 0 Å². The summed E-state index contributed by atoms with van der Waals surface area (Å²) in [6.07, 6.45) is 2.06. The molecule has 2 aromatic carbocycles. The Hall–Kier alpha value is -1.72. The van der Waals surface area contributed by atoms with Crippen LogP contribution in [0.15, 0.2) is 54.7 Å². The molecule has 0 bridgehead atoms. The minimum absolute atomic E-state index is 0. The number of halogens is 2. The molecule has 4 rings (SSSR count). The monoisotopic (exact) mass is 347 g/mol. The zero-order valence-corrected chi connectivity index (χ0v) is 12.7. The van der Waals surface area contributed by atoms with Crippen LogP contribution in [0.3, 0.4) is 0 Å². The molecule has 0 N–H and O–H groups in total. The van der Waals surface area contributed by atoms with E-state index in [0.29, 0.717) is 0 Å². The normalized spacial score (nSPS) is 10.8. The summed E-state index contributed by atoms with van der Waals surface area (Å²) in [4.78, 5) is 6.64. The second kappa shape index (κ2) is 5.00. The van der Waals surface area contributed by atoms with Crippen LogP contribution in [-0.2, 0) is 0 Å². The van der Waals surface area contributed by atoms with Gasteiger partial charge in [0, 0.05) is 6.20 Å². The standard InChI is InChI=1S/C15H9FN2S.BrH/c16-11-7-5-10(6-8-11)14-9-18-13-4-2-1-3-12(13)17-15(18)19-14;/h1-9H;1H/p-1. The van der Waals surface area contributed by atoms with Crippen molar-refractivity contribution in [2.45, 2.75) is 0 Å². The average molecular weight is 348 g/mol. The number of nitrogens with zero attached hydrogens (tertiary/aromatic N) is 2. The van der Waals surface area contributed by atoms with Crippen molar-refractivity contribution >= 4 is 27.3 Å². The molecular weight excluding hydrogens is 339 g/mol. The molecule has 0 spiro atoms. The third-order valence-electron chi connectivity index (χ3n) is 3.14. The zero-order valence-electron chi connectivity index (χ0n) is 10.3. The van der Waals surface area contributed by atoms with Gasteiger partial charge < -0.3 is 17.0 Å². The van der Waals surface area contributed by atoms with Crippen molar-refractivity contribution in [3.8, 4) is 10.4 Å². The van der Waals surface area contributed by atoms with E-state index in [1.807, 2.05) is 18.2 Å². The Labute approximate surface area is 129 Å². The Balaban J connectivity index is 0.00000121. The highest BCUT2D eigenvalue weighted by Crippen LogP contribution is 2.30. The molecule has 0 saturated carbocycles. The number of fused-ring (bicyclic) bond motifs is 3. The van der Waals surface area contributed by atoms with Gasteiger partial charge in [0.1, 0.15) is 5.82 Å². The van der Waals surface area contributed by atoms with E-state index in [4.69, 9.17) is 0 Å². The summed E-state index contributed by atoms with van der Waals surface area (Å²) in [5.41, 5.74) is 3.11. The fourth-order valence-corrected chi connectivity index (χ4v) is 3.21. The number of para-hydroxylation sites is 2. The Morgan fingerprint density at radius 2 is 1.75 bits per heavy atom. The largest absolute Gasteiger partial charge is 1.00 e. The highest BCUT2D eigenvalue weighted by molar-refractivity contribution is 7.20. The summed E-state index contributed by atoms with van der Waals surface area (Å²) in [5, 5.41) is 0. The molecule has 20 heavy (non-hydrogen) atoms. The molecule has 0 atom stereocenters. The van der Waals surface area contributed by atoms with Gasteiger partial charge >= 0.3 is 0 Å². The maximum absolute atomic E-state index is 12.9. The quantitative estimate of drug-likeness (QED) is 0.508. The molecule has 0 amide bonds. The predicted molar refractivity (Wildman–Crippen MR) is 76.0 cm³/mol. The van der Waals surface area contributed by atoms with E-state index >= 15 is 0 Å². The van der Waals surface area contributed by atoms with Crippen molar-refractivity contribution in [1.29, 1.82) is 0 Å². The van der Waals surface area contributed by atoms with Gasteiger partial charge in [-0.05, 0) is 29.8 Å². The van der Waals surface area contributed by atoms with Crippen molar-refractivity contribution in [2.24, 2.45) is 0 Å². The first-order valence-electron chi connectivity index (χ1n) is 5.94. The molecule has 0 aliphatic carbocycles. The van der Waals surface area contributed by atoms with E-state index in [2.05, 4.69) is 21.6 Å². The third-order valence-corrected chi connectivity index (χ3v) is 4.17. The number of imidazole rings is 1. The van der Waals surface area contributed by atoms with Crippen molar-refractivity contribution in [1.82, 2.24) is 9.38 Å². The topological polar surface area (TPSA) is 17.3 Å². The SMILES string of the molecule is Fc1ccc(-c2cn3c(nc4ccccc43)s2)cc1.[Br-]. The lowest BCUT2D eigenvalue weighted by Gasteiger charge is -1.95. The molecule has 2 nitrogen and oxygen atoms in total. The summed E-state index contributed by atoms with van der Waals surface area (Å²) < 4.78 is 15.0. The lowest BCUT2D eigenvalue weighted by atomic mass is 10.2. The smallest absolute Gasteiger partial charge is 0.195 e. The lowest BCUT2D eigenvalue weighted by molar-refractivity contribution is -0.00000427. The number of benzene rings is 2. The second-order valence-electron chi connectivity index (χ2n) is 4.36. The average Bonchev–Trinajstić information content (AvgIpc) is 2.97. The predicted octanol–water partition coefficient (Wildman–Crippen LogP) is 1.36. The molecule has 4 aromatic rings. The lowest BCUT2D eigenvalue weighted by Crippen LogP contribution is -3.00. The Bertz CT molecular complexity index is 880. The number of hydrogen-bond acceptors (Lipinski definition) is 2. The van der Waals surface area contributed by atoms with Gasteiger partial charge in [-0.25, -0.2) is 9.37 Å². The van der Waals surface area contributed by atoms with E-state index < -0.39 is 0 Å². The van der Waals surface area contributed by atoms with Crippen LogP contribution in [0.2, 0.25) is 0 Å². The fraction of sp³-hybridized carbons (Fsp3) is 0. The van der Waals surface area contributed by atoms with Gasteiger partial charge in [0.05, 0.1) is 15.9 Å². The van der Waals surface area contributed by atoms with Gasteiger partial charge in [-0.2, -0.15) is 0 Å². The van der Waals surface area contributed by atoms with E-state index in [0.717, 1.165) is 26.4 Å². The summed E-state index contributed by atoms with van der Waals surface area (Å²) in [6.45, 7) is 0. The van der Waals surface area contributed by atoms with Crippen molar-refractivity contribution in [3.05, 3.63) is 60.5 Å². The second-order valence-corrected chi connectivity index (χ2v) is 5.36. The van der Waals surface area contributed by atoms with Crippen molar-refractivity contribution in [3.63, 3.8) is 0 Å². The minimum Gasteiger partial charge on any atom is -1.00 e. The van der Waals surface area contributed by atoms with Gasteiger partial charge in [-0.15, -0.1) is 0 Å². The van der Waals surface area contributed by atoms with E-state index in [1.165, 1.54) is 12.1 Å². The van der Waals surface area contributed by atoms with Gasteiger partial charge in [-0.3, -0.25) is 4.40 Å². The number of rotatable bonds is 1. The number of thiazole rings is 1. The summed E-state index contributed by atoms with van der Waals surface area (Å²) in [6, 6.07) is 14.6. The maximum Gasteiger partial charge on any atom is 0.195 e. The molecule has 0 radical (unpaired) electrons. The highest BCUT2D eigenvalue weighted by atomic mass is 79.9. The van der Waals surface area contributed by atoms with Crippen LogP contribution in [0.4, 0.5) is 4.39 Å². The molecule has 0 aliphatic rings. The van der Waals surface area contributed by atoms with Crippen molar-refractivity contribution in [2.75, 3.05) is 0 Å². The van der Waals surface area contributed by atoms with E-state index in [9.17, 15) is 4.39 Å². The van der Waals surface area contributed by atoms with Gasteiger partial charge in [-0.1, -0.05) is 35.6 Å². The molecular formula is C15H9BrFN2S-. The molecule has 2 aromatic heterocycles. The van der Waals surface area contributed by atoms with Crippen molar-refractivity contribution < 1.29 is 21.4 Å². The molecule has 100 valence electrons. The van der Waals surface area contributed by atoms with Crippen LogP contribution in [-0.4, -0.2) is 9.38 Å². The van der Waals surface area contributed by atoms with Crippen LogP contribution in [0.25, 0.3) is 26.4 Å². The summed E-state index contributed by atoms with van der Waals surface area (Å²) in [5.74, 6) is -0.212. The van der Waals surface area contributed by atoms with Gasteiger partial charge in [0.25, 0.3) is 0 Å². The van der Waals surface area contributed by atoms with Crippen LogP contribution in [0.1, 0.15) is 0 Å². The summed E-state index contributed by atoms with van der Waals surface area (Å²) in [7, 11) is 0. The zero-order chi connectivity index (χ0) is 12.8. The third kappa shape index (κ3) is 2.03. The molecule has 0 unspecified atom stereocenters. The Morgan fingerprint density at radius 1 is 1.00 bits per heavy atom. The molecule has 0 aliphatic heterocycles. The van der Waals surface area contributed by atoms with Gasteiger partial charge in [0.2, 0.25) is 0 Å². The molecule has 2 heterocycles. The number of hydrogen-bond donors (Lipinski definition) is 0. The Morgan fingerprint density at radius 3 is 2.55 bits per heavy atom. The Kier molecular flexibility index (Phi) is 3.31. The first-order chi connectivity index (χ1) is 9.31. The summed E-state index contributed by atoms with van der Waals surface area (Å²) >= 11 is 1.61. The molecule has 0 saturated heterocycles. The van der Waals surface area contributed by atoms with Gasteiger partial charge in [0.15, 0.2) is 4.96 Å². The first-order valence-corrected chi connectivity index (χ1v) is 6.75. The van der Waals surface area contributed by atoms with E-state index in [1.54, 1.807) is 23.5 Å². The fourth-order valence-electron chi connectivity index (χ4n) is 2.21. The first kappa shape index (κ1) is 13.3. The number of aromatic nitrogens is 2. The van der Waals surface area contributed by atoms with Crippen LogP contribution < -0.4 is 17.0 Å². The highest BCUT2D eigenvalue weighted by Gasteiger charge is 2.09. The molecule has 5 heteroatoms.